The van der Waals surface area contributed by atoms with E-state index in [2.05, 4.69) is 15.3 Å². The second-order valence-corrected chi connectivity index (χ2v) is 7.25. The zero-order chi connectivity index (χ0) is 21.1. The topological polar surface area (TPSA) is 76.5 Å². The lowest BCUT2D eigenvalue weighted by molar-refractivity contribution is 0.0162. The third-order valence-corrected chi connectivity index (χ3v) is 5.37. The van der Waals surface area contributed by atoms with Gasteiger partial charge in [0.05, 0.1) is 24.6 Å². The number of aromatic nitrogens is 2. The zero-order valence-electron chi connectivity index (χ0n) is 16.7. The molecule has 156 valence electrons. The second-order valence-electron chi connectivity index (χ2n) is 7.25. The Morgan fingerprint density at radius 3 is 2.50 bits per heavy atom. The number of carbonyl (C=O) groups is 1. The highest BCUT2D eigenvalue weighted by Crippen LogP contribution is 2.22. The minimum Gasteiger partial charge on any atom is -0.379 e. The number of aryl methyl sites for hydroxylation is 1. The number of fused-ring (bicyclic) bond motifs is 1. The standard InChI is InChI=1S/C22H23FN4O3/c1-26-22(29)18-5-3-2-4-17(18)20(25-26)21(28)24-14-19(27-10-12-30-13-11-27)15-6-8-16(23)9-7-15/h2-9,19H,10-14H2,1H3,(H,24,28)/t19-/m1/s1. The molecule has 0 unspecified atom stereocenters. The summed E-state index contributed by atoms with van der Waals surface area (Å²) < 4.78 is 20.0. The van der Waals surface area contributed by atoms with Crippen molar-refractivity contribution in [3.05, 3.63) is 76.0 Å². The Kier molecular flexibility index (Phi) is 5.87. The molecule has 4 rings (SSSR count). The fraction of sp³-hybridized carbons (Fsp3) is 0.318. The molecule has 8 heteroatoms. The number of benzene rings is 2. The number of ether oxygens (including phenoxy) is 1. The normalized spacial score (nSPS) is 15.8. The maximum atomic E-state index is 13.4. The smallest absolute Gasteiger partial charge is 0.274 e. The van der Waals surface area contributed by atoms with Crippen molar-refractivity contribution in [2.24, 2.45) is 7.05 Å². The number of hydrogen-bond donors (Lipinski definition) is 1. The third-order valence-electron chi connectivity index (χ3n) is 5.37. The molecule has 0 radical (unpaired) electrons. The van der Waals surface area contributed by atoms with E-state index in [1.807, 2.05) is 0 Å². The largest absolute Gasteiger partial charge is 0.379 e. The van der Waals surface area contributed by atoms with Gasteiger partial charge in [-0.2, -0.15) is 5.10 Å². The van der Waals surface area contributed by atoms with Crippen LogP contribution < -0.4 is 10.9 Å². The highest BCUT2D eigenvalue weighted by molar-refractivity contribution is 6.04. The van der Waals surface area contributed by atoms with Crippen molar-refractivity contribution in [1.82, 2.24) is 20.0 Å². The van der Waals surface area contributed by atoms with Crippen LogP contribution in [0.1, 0.15) is 22.1 Å². The Morgan fingerprint density at radius 1 is 1.13 bits per heavy atom. The molecule has 1 fully saturated rings. The molecule has 0 bridgehead atoms. The summed E-state index contributed by atoms with van der Waals surface area (Å²) in [6.45, 7) is 2.98. The first-order valence-electron chi connectivity index (χ1n) is 9.86. The summed E-state index contributed by atoms with van der Waals surface area (Å²) in [5.74, 6) is -0.661. The summed E-state index contributed by atoms with van der Waals surface area (Å²) in [7, 11) is 1.53. The lowest BCUT2D eigenvalue weighted by Crippen LogP contribution is -2.44. The van der Waals surface area contributed by atoms with Gasteiger partial charge in [-0.3, -0.25) is 14.5 Å². The quantitative estimate of drug-likeness (QED) is 0.695. The van der Waals surface area contributed by atoms with Crippen LogP contribution in [0.15, 0.2) is 53.3 Å². The van der Waals surface area contributed by atoms with Gasteiger partial charge in [0, 0.05) is 32.1 Å². The number of amides is 1. The van der Waals surface area contributed by atoms with E-state index in [1.54, 1.807) is 36.4 Å². The molecule has 1 amide bonds. The summed E-state index contributed by atoms with van der Waals surface area (Å²) in [4.78, 5) is 27.5. The minimum atomic E-state index is -0.359. The second kappa shape index (κ2) is 8.73. The Hall–Kier alpha value is -3.10. The van der Waals surface area contributed by atoms with E-state index < -0.39 is 0 Å². The molecule has 2 aromatic carbocycles. The van der Waals surface area contributed by atoms with Crippen LogP contribution in [0.3, 0.4) is 0 Å². The number of carbonyl (C=O) groups excluding carboxylic acids is 1. The first-order valence-corrected chi connectivity index (χ1v) is 9.86. The van der Waals surface area contributed by atoms with Gasteiger partial charge in [-0.05, 0) is 23.8 Å². The fourth-order valence-corrected chi connectivity index (χ4v) is 3.77. The highest BCUT2D eigenvalue weighted by Gasteiger charge is 2.24. The number of rotatable bonds is 5. The maximum absolute atomic E-state index is 13.4. The Labute approximate surface area is 173 Å². The van der Waals surface area contributed by atoms with E-state index >= 15 is 0 Å². The molecule has 0 spiro atoms. The van der Waals surface area contributed by atoms with Crippen LogP contribution in [-0.2, 0) is 11.8 Å². The number of hydrogen-bond acceptors (Lipinski definition) is 5. The molecule has 1 aromatic heterocycles. The van der Waals surface area contributed by atoms with Gasteiger partial charge in [-0.25, -0.2) is 9.07 Å². The fourth-order valence-electron chi connectivity index (χ4n) is 3.77. The van der Waals surface area contributed by atoms with Gasteiger partial charge >= 0.3 is 0 Å². The first-order chi connectivity index (χ1) is 14.5. The molecule has 7 nitrogen and oxygen atoms in total. The molecule has 2 heterocycles. The zero-order valence-corrected chi connectivity index (χ0v) is 16.7. The minimum absolute atomic E-state index is 0.128. The van der Waals surface area contributed by atoms with Gasteiger partial charge in [0.15, 0.2) is 5.69 Å². The van der Waals surface area contributed by atoms with E-state index in [4.69, 9.17) is 4.74 Å². The maximum Gasteiger partial charge on any atom is 0.274 e. The summed E-state index contributed by atoms with van der Waals surface area (Å²) in [5, 5.41) is 8.10. The predicted molar refractivity (Wildman–Crippen MR) is 111 cm³/mol. The number of morpholine rings is 1. The molecule has 30 heavy (non-hydrogen) atoms. The molecule has 0 saturated carbocycles. The van der Waals surface area contributed by atoms with Gasteiger partial charge in [0.2, 0.25) is 0 Å². The summed E-state index contributed by atoms with van der Waals surface area (Å²) in [5.41, 5.74) is 0.865. The van der Waals surface area contributed by atoms with Crippen LogP contribution in [0, 0.1) is 5.82 Å². The van der Waals surface area contributed by atoms with E-state index in [9.17, 15) is 14.0 Å². The Bertz CT molecular complexity index is 1110. The van der Waals surface area contributed by atoms with Crippen molar-refractivity contribution >= 4 is 16.7 Å². The summed E-state index contributed by atoms with van der Waals surface area (Å²) >= 11 is 0. The predicted octanol–water partition coefficient (Wildman–Crippen LogP) is 1.88. The molecular formula is C22H23FN4O3. The van der Waals surface area contributed by atoms with Crippen LogP contribution in [0.25, 0.3) is 10.8 Å². The van der Waals surface area contributed by atoms with Crippen molar-refractivity contribution in [3.63, 3.8) is 0 Å². The van der Waals surface area contributed by atoms with Gasteiger partial charge in [0.25, 0.3) is 11.5 Å². The molecule has 1 saturated heterocycles. The average Bonchev–Trinajstić information content (AvgIpc) is 2.78. The van der Waals surface area contributed by atoms with Crippen molar-refractivity contribution in [2.75, 3.05) is 32.8 Å². The Balaban J connectivity index is 1.60. The number of nitrogens with zero attached hydrogens (tertiary/aromatic N) is 3. The first kappa shape index (κ1) is 20.2. The molecule has 1 atom stereocenters. The summed E-state index contributed by atoms with van der Waals surface area (Å²) in [6, 6.07) is 13.1. The van der Waals surface area contributed by atoms with Gasteiger partial charge in [0.1, 0.15) is 5.82 Å². The molecular weight excluding hydrogens is 387 g/mol. The van der Waals surface area contributed by atoms with Gasteiger partial charge in [-0.1, -0.05) is 30.3 Å². The average molecular weight is 410 g/mol. The van der Waals surface area contributed by atoms with Crippen molar-refractivity contribution in [1.29, 1.82) is 0 Å². The lowest BCUT2D eigenvalue weighted by Gasteiger charge is -2.35. The van der Waals surface area contributed by atoms with Crippen molar-refractivity contribution in [2.45, 2.75) is 6.04 Å². The number of nitrogens with one attached hydrogen (secondary N) is 1. The van der Waals surface area contributed by atoms with E-state index in [0.717, 1.165) is 18.7 Å². The van der Waals surface area contributed by atoms with Gasteiger partial charge < -0.3 is 10.1 Å². The van der Waals surface area contributed by atoms with Crippen molar-refractivity contribution in [3.8, 4) is 0 Å². The van der Waals surface area contributed by atoms with Crippen LogP contribution >= 0.6 is 0 Å². The molecule has 0 aliphatic carbocycles. The van der Waals surface area contributed by atoms with Crippen LogP contribution in [0.2, 0.25) is 0 Å². The van der Waals surface area contributed by atoms with Gasteiger partial charge in [-0.15, -0.1) is 0 Å². The molecule has 1 aliphatic heterocycles. The lowest BCUT2D eigenvalue weighted by atomic mass is 10.0. The molecule has 1 N–H and O–H groups in total. The van der Waals surface area contributed by atoms with Crippen molar-refractivity contribution < 1.29 is 13.9 Å². The SMILES string of the molecule is Cn1nc(C(=O)NC[C@H](c2ccc(F)cc2)N2CCOCC2)c2ccccc2c1=O. The third kappa shape index (κ3) is 4.10. The van der Waals surface area contributed by atoms with Crippen LogP contribution in [0.5, 0.6) is 0 Å². The summed E-state index contributed by atoms with van der Waals surface area (Å²) in [6.07, 6.45) is 0. The van der Waals surface area contributed by atoms with Crippen LogP contribution in [-0.4, -0.2) is 53.4 Å². The molecule has 1 aliphatic rings. The van der Waals surface area contributed by atoms with E-state index in [1.165, 1.54) is 23.9 Å². The monoisotopic (exact) mass is 410 g/mol. The Morgan fingerprint density at radius 2 is 1.80 bits per heavy atom. The highest BCUT2D eigenvalue weighted by atomic mass is 19.1. The van der Waals surface area contributed by atoms with E-state index in [-0.39, 0.29) is 29.0 Å². The molecule has 3 aromatic rings. The number of halogens is 1. The van der Waals surface area contributed by atoms with Crippen LogP contribution in [0.4, 0.5) is 4.39 Å². The van der Waals surface area contributed by atoms with E-state index in [0.29, 0.717) is 30.5 Å².